The fourth-order valence-corrected chi connectivity index (χ4v) is 3.12. The van der Waals surface area contributed by atoms with Gasteiger partial charge in [0.15, 0.2) is 5.75 Å². The van der Waals surface area contributed by atoms with E-state index in [0.717, 1.165) is 6.07 Å². The lowest BCUT2D eigenvalue weighted by Gasteiger charge is -2.36. The number of benzene rings is 2. The second-order valence-corrected chi connectivity index (χ2v) is 6.51. The Morgan fingerprint density at radius 1 is 1.11 bits per heavy atom. The Bertz CT molecular complexity index is 872. The number of carbonyl (C=O) groups excluding carboxylic acids is 1. The van der Waals surface area contributed by atoms with Crippen molar-refractivity contribution in [3.63, 3.8) is 0 Å². The summed E-state index contributed by atoms with van der Waals surface area (Å²) in [5, 5.41) is 11.4. The highest BCUT2D eigenvalue weighted by atomic mass is 35.5. The minimum Gasteiger partial charge on any atom is -0.432 e. The topological polar surface area (TPSA) is 75.9 Å². The molecule has 2 aromatic rings. The maximum atomic E-state index is 12.7. The smallest absolute Gasteiger partial charge is 0.387 e. The molecule has 10 heteroatoms. The van der Waals surface area contributed by atoms with Crippen LogP contribution < -0.4 is 9.64 Å². The van der Waals surface area contributed by atoms with Crippen molar-refractivity contribution >= 4 is 28.9 Å². The normalized spacial score (nSPS) is 14.3. The number of anilines is 1. The van der Waals surface area contributed by atoms with Crippen LogP contribution in [-0.4, -0.2) is 48.5 Å². The van der Waals surface area contributed by atoms with Crippen LogP contribution in [0.2, 0.25) is 5.02 Å². The minimum atomic E-state index is -3.10. The molecule has 3 rings (SSSR count). The molecular weight excluding hydrogens is 396 g/mol. The number of hydrogen-bond donors (Lipinski definition) is 0. The van der Waals surface area contributed by atoms with Crippen molar-refractivity contribution in [3.05, 3.63) is 63.2 Å². The maximum absolute atomic E-state index is 12.7. The van der Waals surface area contributed by atoms with E-state index in [4.69, 9.17) is 11.6 Å². The van der Waals surface area contributed by atoms with Crippen molar-refractivity contribution in [1.29, 1.82) is 0 Å². The van der Waals surface area contributed by atoms with E-state index >= 15 is 0 Å². The van der Waals surface area contributed by atoms with Gasteiger partial charge in [-0.05, 0) is 30.3 Å². The second-order valence-electron chi connectivity index (χ2n) is 6.07. The van der Waals surface area contributed by atoms with Crippen LogP contribution in [0.15, 0.2) is 42.5 Å². The first-order chi connectivity index (χ1) is 13.3. The third-order valence-electron chi connectivity index (χ3n) is 4.37. The SMILES string of the molecule is O=C(c1ccc(Cl)cc1)N1CCN(c2ccc([N+](=O)[O-])cc2OC(F)F)CC1. The van der Waals surface area contributed by atoms with Crippen LogP contribution >= 0.6 is 11.6 Å². The van der Waals surface area contributed by atoms with Crippen molar-refractivity contribution in [2.24, 2.45) is 0 Å². The van der Waals surface area contributed by atoms with Gasteiger partial charge in [-0.15, -0.1) is 0 Å². The quantitative estimate of drug-likeness (QED) is 0.552. The first-order valence-electron chi connectivity index (χ1n) is 8.38. The number of rotatable bonds is 5. The number of halogens is 3. The van der Waals surface area contributed by atoms with E-state index in [0.29, 0.717) is 42.5 Å². The molecule has 7 nitrogen and oxygen atoms in total. The largest absolute Gasteiger partial charge is 0.432 e. The molecule has 28 heavy (non-hydrogen) atoms. The number of nitrogens with zero attached hydrogens (tertiary/aromatic N) is 3. The van der Waals surface area contributed by atoms with Gasteiger partial charge < -0.3 is 14.5 Å². The molecule has 1 fully saturated rings. The summed E-state index contributed by atoms with van der Waals surface area (Å²) in [6.45, 7) is -1.62. The fourth-order valence-electron chi connectivity index (χ4n) is 2.99. The number of alkyl halides is 2. The molecule has 148 valence electrons. The van der Waals surface area contributed by atoms with E-state index in [1.165, 1.54) is 12.1 Å². The Hall–Kier alpha value is -2.94. The monoisotopic (exact) mass is 411 g/mol. The molecule has 1 aliphatic rings. The molecule has 2 aromatic carbocycles. The lowest BCUT2D eigenvalue weighted by Crippen LogP contribution is -2.48. The Morgan fingerprint density at radius 3 is 2.32 bits per heavy atom. The zero-order chi connectivity index (χ0) is 20.3. The van der Waals surface area contributed by atoms with E-state index in [-0.39, 0.29) is 17.3 Å². The minimum absolute atomic E-state index is 0.149. The fraction of sp³-hybridized carbons (Fsp3) is 0.278. The number of piperazine rings is 1. The summed E-state index contributed by atoms with van der Waals surface area (Å²) < 4.78 is 29.9. The second kappa shape index (κ2) is 8.39. The number of hydrogen-bond acceptors (Lipinski definition) is 5. The van der Waals surface area contributed by atoms with Gasteiger partial charge in [0, 0.05) is 42.8 Å². The Morgan fingerprint density at radius 2 is 1.75 bits per heavy atom. The summed E-state index contributed by atoms with van der Waals surface area (Å²) >= 11 is 5.83. The number of nitro benzene ring substituents is 1. The van der Waals surface area contributed by atoms with Crippen molar-refractivity contribution in [2.45, 2.75) is 6.61 Å². The van der Waals surface area contributed by atoms with E-state index in [1.807, 2.05) is 0 Å². The molecule has 0 radical (unpaired) electrons. The molecule has 1 saturated heterocycles. The first kappa shape index (κ1) is 19.8. The van der Waals surface area contributed by atoms with Gasteiger partial charge in [0.2, 0.25) is 0 Å². The summed E-state index contributed by atoms with van der Waals surface area (Å²) in [5.41, 5.74) is 0.496. The summed E-state index contributed by atoms with van der Waals surface area (Å²) in [5.74, 6) is -0.411. The number of amides is 1. The lowest BCUT2D eigenvalue weighted by atomic mass is 10.1. The maximum Gasteiger partial charge on any atom is 0.387 e. The molecule has 0 atom stereocenters. The van der Waals surface area contributed by atoms with Crippen LogP contribution in [-0.2, 0) is 0 Å². The predicted octanol–water partition coefficient (Wildman–Crippen LogP) is 3.81. The van der Waals surface area contributed by atoms with Gasteiger partial charge in [-0.1, -0.05) is 11.6 Å². The van der Waals surface area contributed by atoms with Crippen LogP contribution in [0, 0.1) is 10.1 Å². The summed E-state index contributed by atoms with van der Waals surface area (Å²) in [6.07, 6.45) is 0. The van der Waals surface area contributed by atoms with Gasteiger partial charge in [0.05, 0.1) is 16.7 Å². The zero-order valence-electron chi connectivity index (χ0n) is 14.6. The van der Waals surface area contributed by atoms with Gasteiger partial charge in [0.1, 0.15) is 0 Å². The van der Waals surface area contributed by atoms with Crippen LogP contribution in [0.5, 0.6) is 5.75 Å². The van der Waals surface area contributed by atoms with Crippen molar-refractivity contribution in [3.8, 4) is 5.75 Å². The molecule has 0 saturated carbocycles. The standard InChI is InChI=1S/C18H16ClF2N3O4/c19-13-3-1-12(2-4-13)17(25)23-9-7-22(8-10-23)15-6-5-14(24(26)27)11-16(15)28-18(20)21/h1-6,11,18H,7-10H2. The lowest BCUT2D eigenvalue weighted by molar-refractivity contribution is -0.385. The molecule has 0 bridgehead atoms. The van der Waals surface area contributed by atoms with Crippen molar-refractivity contribution < 1.29 is 23.2 Å². The number of ether oxygens (including phenoxy) is 1. The molecule has 0 N–H and O–H groups in total. The number of carbonyl (C=O) groups is 1. The van der Waals surface area contributed by atoms with Crippen LogP contribution in [0.4, 0.5) is 20.2 Å². The summed E-state index contributed by atoms with van der Waals surface area (Å²) in [4.78, 5) is 26.2. The number of nitro groups is 1. The molecule has 0 aromatic heterocycles. The molecule has 1 heterocycles. The van der Waals surface area contributed by atoms with Gasteiger partial charge in [0.25, 0.3) is 11.6 Å². The van der Waals surface area contributed by atoms with Crippen LogP contribution in [0.3, 0.4) is 0 Å². The highest BCUT2D eigenvalue weighted by molar-refractivity contribution is 6.30. The van der Waals surface area contributed by atoms with Crippen LogP contribution in [0.1, 0.15) is 10.4 Å². The average molecular weight is 412 g/mol. The van der Waals surface area contributed by atoms with E-state index < -0.39 is 11.5 Å². The predicted molar refractivity (Wildman–Crippen MR) is 99.3 cm³/mol. The Balaban J connectivity index is 1.72. The van der Waals surface area contributed by atoms with Crippen molar-refractivity contribution in [2.75, 3.05) is 31.1 Å². The summed E-state index contributed by atoms with van der Waals surface area (Å²) in [7, 11) is 0. The van der Waals surface area contributed by atoms with E-state index in [9.17, 15) is 23.7 Å². The number of non-ortho nitro benzene ring substituents is 1. The highest BCUT2D eigenvalue weighted by Crippen LogP contribution is 2.34. The average Bonchev–Trinajstić information content (AvgIpc) is 2.67. The first-order valence-corrected chi connectivity index (χ1v) is 8.76. The van der Waals surface area contributed by atoms with Crippen LogP contribution in [0.25, 0.3) is 0 Å². The molecule has 0 spiro atoms. The Labute approximate surface area is 164 Å². The molecule has 0 unspecified atom stereocenters. The summed E-state index contributed by atoms with van der Waals surface area (Å²) in [6, 6.07) is 10.1. The molecule has 1 aliphatic heterocycles. The third kappa shape index (κ3) is 4.48. The van der Waals surface area contributed by atoms with E-state index in [2.05, 4.69) is 4.74 Å². The van der Waals surface area contributed by atoms with Gasteiger partial charge in [-0.2, -0.15) is 8.78 Å². The molecule has 0 aliphatic carbocycles. The van der Waals surface area contributed by atoms with Gasteiger partial charge in [-0.3, -0.25) is 14.9 Å². The zero-order valence-corrected chi connectivity index (χ0v) is 15.3. The molecular formula is C18H16ClF2N3O4. The van der Waals surface area contributed by atoms with Crippen molar-refractivity contribution in [1.82, 2.24) is 4.90 Å². The molecule has 1 amide bonds. The third-order valence-corrected chi connectivity index (χ3v) is 4.62. The van der Waals surface area contributed by atoms with E-state index in [1.54, 1.807) is 34.1 Å². The van der Waals surface area contributed by atoms with Gasteiger partial charge in [-0.25, -0.2) is 0 Å². The van der Waals surface area contributed by atoms with Gasteiger partial charge >= 0.3 is 6.61 Å². The highest BCUT2D eigenvalue weighted by Gasteiger charge is 2.25. The Kier molecular flexibility index (Phi) is 5.93.